The number of aromatic nitrogens is 1. The topological polar surface area (TPSA) is 65.5 Å². The van der Waals surface area contributed by atoms with Gasteiger partial charge in [-0.15, -0.1) is 0 Å². The molecule has 1 heterocycles. The van der Waals surface area contributed by atoms with Crippen LogP contribution in [0.4, 0.5) is 0 Å². The Bertz CT molecular complexity index is 494. The lowest BCUT2D eigenvalue weighted by Crippen LogP contribution is -2.41. The standard InChI is InChI=1S/C13H19NO4Si/c1-9(16)10-6-12(19(3,4)5)14-13(17-2)11(10)7-18-8-15/h6,8H,7H2,1-5H3. The van der Waals surface area contributed by atoms with Crippen LogP contribution in [0.3, 0.4) is 0 Å². The number of Topliss-reactive ketones (excluding diaryl/α,β-unsaturated/α-hetero) is 1. The lowest BCUT2D eigenvalue weighted by molar-refractivity contribution is -0.129. The average molecular weight is 281 g/mol. The van der Waals surface area contributed by atoms with Crippen molar-refractivity contribution in [2.45, 2.75) is 33.2 Å². The molecule has 104 valence electrons. The van der Waals surface area contributed by atoms with E-state index in [2.05, 4.69) is 24.6 Å². The van der Waals surface area contributed by atoms with Crippen LogP contribution >= 0.6 is 0 Å². The van der Waals surface area contributed by atoms with E-state index in [1.807, 2.05) is 0 Å². The van der Waals surface area contributed by atoms with Crippen LogP contribution in [0.1, 0.15) is 22.8 Å². The molecule has 0 radical (unpaired) electrons. The zero-order valence-electron chi connectivity index (χ0n) is 11.9. The van der Waals surface area contributed by atoms with Crippen LogP contribution in [0.25, 0.3) is 0 Å². The van der Waals surface area contributed by atoms with Gasteiger partial charge in [0.1, 0.15) is 14.7 Å². The molecule has 0 saturated carbocycles. The maximum Gasteiger partial charge on any atom is 0.293 e. The van der Waals surface area contributed by atoms with E-state index in [1.165, 1.54) is 14.0 Å². The summed E-state index contributed by atoms with van der Waals surface area (Å²) in [4.78, 5) is 26.5. The molecule has 19 heavy (non-hydrogen) atoms. The Morgan fingerprint density at radius 3 is 2.47 bits per heavy atom. The van der Waals surface area contributed by atoms with Crippen molar-refractivity contribution in [3.8, 4) is 5.88 Å². The van der Waals surface area contributed by atoms with Gasteiger partial charge in [0.15, 0.2) is 5.78 Å². The fraction of sp³-hybridized carbons (Fsp3) is 0.462. The molecule has 0 bridgehead atoms. The summed E-state index contributed by atoms with van der Waals surface area (Å²) < 4.78 is 9.97. The molecule has 0 unspecified atom stereocenters. The smallest absolute Gasteiger partial charge is 0.293 e. The first kappa shape index (κ1) is 15.4. The van der Waals surface area contributed by atoms with Gasteiger partial charge in [0.25, 0.3) is 6.47 Å². The summed E-state index contributed by atoms with van der Waals surface area (Å²) in [5.74, 6) is 0.261. The molecule has 1 aromatic heterocycles. The highest BCUT2D eigenvalue weighted by Gasteiger charge is 2.24. The van der Waals surface area contributed by atoms with Gasteiger partial charge in [-0.3, -0.25) is 9.59 Å². The summed E-state index contributed by atoms with van der Waals surface area (Å²) in [6.45, 7) is 8.23. The molecule has 0 amide bonds. The number of ketones is 1. The number of hydrogen-bond donors (Lipinski definition) is 0. The summed E-state index contributed by atoms with van der Waals surface area (Å²) in [5.41, 5.74) is 1.02. The van der Waals surface area contributed by atoms with Crippen LogP contribution in [0, 0.1) is 0 Å². The third kappa shape index (κ3) is 3.63. The van der Waals surface area contributed by atoms with Crippen LogP contribution in [0.15, 0.2) is 6.07 Å². The zero-order valence-corrected chi connectivity index (χ0v) is 12.9. The molecule has 0 aliphatic heterocycles. The van der Waals surface area contributed by atoms with Gasteiger partial charge < -0.3 is 9.47 Å². The first-order chi connectivity index (χ1) is 8.81. The molecule has 0 saturated heterocycles. The molecule has 0 aliphatic rings. The minimum Gasteiger partial charge on any atom is -0.481 e. The van der Waals surface area contributed by atoms with E-state index in [4.69, 9.17) is 9.47 Å². The van der Waals surface area contributed by atoms with Gasteiger partial charge in [0.2, 0.25) is 5.88 Å². The molecule has 0 spiro atoms. The molecule has 0 atom stereocenters. The van der Waals surface area contributed by atoms with E-state index in [9.17, 15) is 9.59 Å². The van der Waals surface area contributed by atoms with Crippen molar-refractivity contribution < 1.29 is 19.1 Å². The number of rotatable bonds is 6. The van der Waals surface area contributed by atoms with Crippen molar-refractivity contribution in [1.82, 2.24) is 4.98 Å². The predicted molar refractivity (Wildman–Crippen MR) is 74.6 cm³/mol. The second kappa shape index (κ2) is 5.97. The van der Waals surface area contributed by atoms with Crippen LogP contribution in [-0.4, -0.2) is 32.4 Å². The highest BCUT2D eigenvalue weighted by Crippen LogP contribution is 2.21. The van der Waals surface area contributed by atoms with Gasteiger partial charge in [-0.1, -0.05) is 19.6 Å². The Hall–Kier alpha value is -1.69. The van der Waals surface area contributed by atoms with Crippen molar-refractivity contribution >= 4 is 25.6 Å². The summed E-state index contributed by atoms with van der Waals surface area (Å²) in [5, 5.41) is 0.893. The van der Waals surface area contributed by atoms with E-state index in [1.54, 1.807) is 6.07 Å². The predicted octanol–water partition coefficient (Wildman–Crippen LogP) is 1.51. The highest BCUT2D eigenvalue weighted by molar-refractivity contribution is 6.88. The van der Waals surface area contributed by atoms with Crippen LogP contribution in [0.5, 0.6) is 5.88 Å². The molecule has 1 rings (SSSR count). The maximum atomic E-state index is 11.8. The van der Waals surface area contributed by atoms with Gasteiger partial charge in [0.05, 0.1) is 12.7 Å². The largest absolute Gasteiger partial charge is 0.481 e. The van der Waals surface area contributed by atoms with Crippen LogP contribution in [0.2, 0.25) is 19.6 Å². The quantitative estimate of drug-likeness (QED) is 0.449. The number of hydrogen-bond acceptors (Lipinski definition) is 5. The number of ether oxygens (including phenoxy) is 2. The molecule has 0 aliphatic carbocycles. The molecular formula is C13H19NO4Si. The number of pyridine rings is 1. The van der Waals surface area contributed by atoms with Gasteiger partial charge >= 0.3 is 0 Å². The normalized spacial score (nSPS) is 11.0. The minimum atomic E-state index is -1.67. The third-order valence-electron chi connectivity index (χ3n) is 2.72. The van der Waals surface area contributed by atoms with Crippen molar-refractivity contribution in [2.24, 2.45) is 0 Å². The maximum absolute atomic E-state index is 11.8. The Morgan fingerprint density at radius 2 is 2.05 bits per heavy atom. The molecular weight excluding hydrogens is 262 g/mol. The van der Waals surface area contributed by atoms with Crippen molar-refractivity contribution in [2.75, 3.05) is 7.11 Å². The first-order valence-corrected chi connectivity index (χ1v) is 9.45. The number of carbonyl (C=O) groups is 2. The van der Waals surface area contributed by atoms with E-state index in [-0.39, 0.29) is 12.4 Å². The van der Waals surface area contributed by atoms with E-state index >= 15 is 0 Å². The average Bonchev–Trinajstić information content (AvgIpc) is 2.33. The minimum absolute atomic E-state index is 0.0133. The number of carbonyl (C=O) groups excluding carboxylic acids is 2. The SMILES string of the molecule is COc1nc([Si](C)(C)C)cc(C(C)=O)c1COC=O. The Kier molecular flexibility index (Phi) is 4.82. The Labute approximate surface area is 114 Å². The summed E-state index contributed by atoms with van der Waals surface area (Å²) in [7, 11) is -0.175. The summed E-state index contributed by atoms with van der Waals surface area (Å²) in [6.07, 6.45) is 0. The zero-order chi connectivity index (χ0) is 14.6. The van der Waals surface area contributed by atoms with Crippen molar-refractivity contribution in [3.63, 3.8) is 0 Å². The third-order valence-corrected chi connectivity index (χ3v) is 4.52. The van der Waals surface area contributed by atoms with E-state index in [0.29, 0.717) is 23.5 Å². The molecule has 0 N–H and O–H groups in total. The monoisotopic (exact) mass is 281 g/mol. The van der Waals surface area contributed by atoms with Crippen LogP contribution < -0.4 is 10.1 Å². The van der Waals surface area contributed by atoms with E-state index in [0.717, 1.165) is 5.32 Å². The summed E-state index contributed by atoms with van der Waals surface area (Å²) in [6, 6.07) is 1.79. The Morgan fingerprint density at radius 1 is 1.42 bits per heavy atom. The second-order valence-corrected chi connectivity index (χ2v) is 10.3. The van der Waals surface area contributed by atoms with Gasteiger partial charge in [-0.25, -0.2) is 4.98 Å². The van der Waals surface area contributed by atoms with Gasteiger partial charge in [-0.2, -0.15) is 0 Å². The highest BCUT2D eigenvalue weighted by atomic mass is 28.3. The number of nitrogens with zero attached hydrogens (tertiary/aromatic N) is 1. The fourth-order valence-electron chi connectivity index (χ4n) is 1.67. The van der Waals surface area contributed by atoms with Gasteiger partial charge in [0, 0.05) is 10.9 Å². The molecule has 6 heteroatoms. The van der Waals surface area contributed by atoms with Crippen molar-refractivity contribution in [1.29, 1.82) is 0 Å². The molecule has 0 aromatic carbocycles. The van der Waals surface area contributed by atoms with Crippen LogP contribution in [-0.2, 0) is 16.1 Å². The molecule has 5 nitrogen and oxygen atoms in total. The first-order valence-electron chi connectivity index (χ1n) is 5.95. The number of methoxy groups -OCH3 is 1. The lowest BCUT2D eigenvalue weighted by Gasteiger charge is -2.19. The fourth-order valence-corrected chi connectivity index (χ4v) is 2.69. The van der Waals surface area contributed by atoms with E-state index < -0.39 is 8.07 Å². The second-order valence-electron chi connectivity index (χ2n) is 5.26. The Balaban J connectivity index is 3.44. The molecule has 0 fully saturated rings. The summed E-state index contributed by atoms with van der Waals surface area (Å²) >= 11 is 0. The molecule has 1 aromatic rings. The van der Waals surface area contributed by atoms with Gasteiger partial charge in [-0.05, 0) is 13.0 Å². The lowest BCUT2D eigenvalue weighted by atomic mass is 10.1. The van der Waals surface area contributed by atoms with Crippen molar-refractivity contribution in [3.05, 3.63) is 17.2 Å².